The molecule has 256 valence electrons. The maximum absolute atomic E-state index is 12.9. The molecule has 3 atom stereocenters. The highest BCUT2D eigenvalue weighted by atomic mass is 32.2. The van der Waals surface area contributed by atoms with Gasteiger partial charge in [0, 0.05) is 63.7 Å². The van der Waals surface area contributed by atoms with Crippen LogP contribution in [-0.2, 0) is 28.7 Å². The molecule has 0 rings (SSSR count). The molecule has 4 N–H and O–H groups in total. The molecule has 1 unspecified atom stereocenters. The van der Waals surface area contributed by atoms with Gasteiger partial charge < -0.3 is 25.6 Å². The Balaban J connectivity index is 4.06. The van der Waals surface area contributed by atoms with Crippen LogP contribution >= 0.6 is 23.5 Å². The van der Waals surface area contributed by atoms with E-state index in [0.717, 1.165) is 63.5 Å². The van der Waals surface area contributed by atoms with Gasteiger partial charge in [-0.2, -0.15) is 11.8 Å². The second-order valence-electron chi connectivity index (χ2n) is 11.3. The quantitative estimate of drug-likeness (QED) is 0.0806. The Morgan fingerprint density at radius 2 is 1.39 bits per heavy atom. The highest BCUT2D eigenvalue weighted by molar-refractivity contribution is 8.00. The van der Waals surface area contributed by atoms with E-state index in [9.17, 15) is 29.1 Å². The number of rotatable bonds is 31. The number of ether oxygens (including phenoxy) is 1. The van der Waals surface area contributed by atoms with Gasteiger partial charge in [0.05, 0.1) is 24.2 Å². The molecule has 0 saturated carbocycles. The van der Waals surface area contributed by atoms with E-state index in [1.54, 1.807) is 14.0 Å². The minimum Gasteiger partial charge on any atom is -0.394 e. The number of unbranched alkanes of at least 4 members (excludes halogenated alkanes) is 3. The van der Waals surface area contributed by atoms with E-state index in [4.69, 9.17) is 9.84 Å². The molecule has 0 aliphatic heterocycles. The average molecular weight is 663 g/mol. The van der Waals surface area contributed by atoms with Gasteiger partial charge in [0.25, 0.3) is 0 Å². The lowest BCUT2D eigenvalue weighted by molar-refractivity contribution is -0.129. The molecular weight excluding hydrogens is 604 g/mol. The fraction of sp³-hybridized carbons (Fsp3) is 0.844. The minimum absolute atomic E-state index is 0.0224. The maximum atomic E-state index is 12.9. The first-order valence-electron chi connectivity index (χ1n) is 16.2. The number of ketones is 3. The van der Waals surface area contributed by atoms with Crippen molar-refractivity contribution >= 4 is 52.7 Å². The summed E-state index contributed by atoms with van der Waals surface area (Å²) in [5.41, 5.74) is 0. The van der Waals surface area contributed by atoms with Gasteiger partial charge >= 0.3 is 0 Å². The molecule has 44 heavy (non-hydrogen) atoms. The van der Waals surface area contributed by atoms with Gasteiger partial charge in [-0.15, -0.1) is 11.8 Å². The van der Waals surface area contributed by atoms with Crippen molar-refractivity contribution in [2.45, 2.75) is 103 Å². The summed E-state index contributed by atoms with van der Waals surface area (Å²) < 4.78 is 4.98. The molecule has 10 nitrogen and oxygen atoms in total. The smallest absolute Gasteiger partial charge is 0.229 e. The van der Waals surface area contributed by atoms with Gasteiger partial charge in [0.1, 0.15) is 17.3 Å². The zero-order valence-corrected chi connectivity index (χ0v) is 28.9. The summed E-state index contributed by atoms with van der Waals surface area (Å²) in [5.74, 6) is 1.55. The average Bonchev–Trinajstić information content (AvgIpc) is 2.99. The molecule has 0 saturated heterocycles. The normalized spacial score (nSPS) is 13.2. The van der Waals surface area contributed by atoms with Gasteiger partial charge in [-0.05, 0) is 64.0 Å². The highest BCUT2D eigenvalue weighted by Gasteiger charge is 2.23. The minimum atomic E-state index is -0.816. The Kier molecular flexibility index (Phi) is 28.0. The lowest BCUT2D eigenvalue weighted by Crippen LogP contribution is -2.27. The number of aliphatic hydroxyl groups is 2. The Morgan fingerprint density at radius 3 is 1.95 bits per heavy atom. The Bertz CT molecular complexity index is 815. The topological polar surface area (TPSA) is 159 Å². The lowest BCUT2D eigenvalue weighted by atomic mass is 9.85. The number of carbonyl (C=O) groups excluding carboxylic acids is 5. The van der Waals surface area contributed by atoms with Gasteiger partial charge in [-0.1, -0.05) is 19.8 Å². The summed E-state index contributed by atoms with van der Waals surface area (Å²) in [6.45, 7) is 4.95. The summed E-state index contributed by atoms with van der Waals surface area (Å²) in [6.07, 6.45) is 8.25. The first-order valence-corrected chi connectivity index (χ1v) is 18.5. The number of methoxy groups -OCH3 is 1. The molecule has 2 amide bonds. The third-order valence-electron chi connectivity index (χ3n) is 7.36. The van der Waals surface area contributed by atoms with Crippen molar-refractivity contribution in [3.8, 4) is 0 Å². The van der Waals surface area contributed by atoms with E-state index >= 15 is 0 Å². The van der Waals surface area contributed by atoms with E-state index in [1.807, 2.05) is 6.92 Å². The van der Waals surface area contributed by atoms with Crippen LogP contribution in [0.2, 0.25) is 0 Å². The van der Waals surface area contributed by atoms with Crippen molar-refractivity contribution in [1.29, 1.82) is 0 Å². The zero-order valence-electron chi connectivity index (χ0n) is 27.2. The van der Waals surface area contributed by atoms with E-state index < -0.39 is 6.10 Å². The van der Waals surface area contributed by atoms with Gasteiger partial charge in [-0.3, -0.25) is 24.0 Å². The van der Waals surface area contributed by atoms with Crippen molar-refractivity contribution in [2.24, 2.45) is 11.8 Å². The predicted molar refractivity (Wildman–Crippen MR) is 179 cm³/mol. The number of Topliss-reactive ketones (excluding diaryl/α,β-unsaturated/α-hetero) is 3. The summed E-state index contributed by atoms with van der Waals surface area (Å²) >= 11 is 2.80. The molecule has 0 radical (unpaired) electrons. The van der Waals surface area contributed by atoms with Gasteiger partial charge in [0.15, 0.2) is 0 Å². The molecular formula is C32H58N2O8S2. The fourth-order valence-corrected chi connectivity index (χ4v) is 6.17. The van der Waals surface area contributed by atoms with Crippen LogP contribution in [0.1, 0.15) is 97.3 Å². The standard InChI is InChI=1S/C32H58N2O8S2/c1-4-26(12-5-8-16-34-32(41)24-44-22-29(38)21-35)30(39)20-27(25(2)36)13-6-9-17-33-31(40)23-43-19-11-15-28(37)14-7-10-18-42-3/h26-27,29,35,38H,4-24H2,1-3H3,(H,33,40)(H,34,41)/t26-,27+,29?/m0/s1. The number of hydrogen-bond acceptors (Lipinski definition) is 10. The molecule has 0 heterocycles. The van der Waals surface area contributed by atoms with E-state index in [2.05, 4.69) is 10.6 Å². The van der Waals surface area contributed by atoms with Crippen LogP contribution < -0.4 is 10.6 Å². The summed E-state index contributed by atoms with van der Waals surface area (Å²) in [5, 5.41) is 23.8. The van der Waals surface area contributed by atoms with Crippen molar-refractivity contribution in [1.82, 2.24) is 10.6 Å². The van der Waals surface area contributed by atoms with Crippen molar-refractivity contribution in [2.75, 3.05) is 56.4 Å². The van der Waals surface area contributed by atoms with Crippen LogP contribution in [0.25, 0.3) is 0 Å². The van der Waals surface area contributed by atoms with Crippen molar-refractivity contribution in [3.05, 3.63) is 0 Å². The molecule has 0 spiro atoms. The van der Waals surface area contributed by atoms with Crippen LogP contribution in [0.5, 0.6) is 0 Å². The first kappa shape index (κ1) is 42.5. The fourth-order valence-electron chi connectivity index (χ4n) is 4.61. The maximum Gasteiger partial charge on any atom is 0.229 e. The highest BCUT2D eigenvalue weighted by Crippen LogP contribution is 2.22. The molecule has 12 heteroatoms. The van der Waals surface area contributed by atoms with E-state index in [0.29, 0.717) is 50.5 Å². The molecule has 0 aliphatic rings. The van der Waals surface area contributed by atoms with E-state index in [1.165, 1.54) is 23.5 Å². The van der Waals surface area contributed by atoms with Crippen LogP contribution in [-0.4, -0.2) is 102 Å². The number of amides is 2. The van der Waals surface area contributed by atoms with E-state index in [-0.39, 0.29) is 59.8 Å². The third-order valence-corrected chi connectivity index (χ3v) is 9.49. The number of hydrogen-bond donors (Lipinski definition) is 4. The summed E-state index contributed by atoms with van der Waals surface area (Å²) in [4.78, 5) is 60.9. The Morgan fingerprint density at radius 1 is 0.795 bits per heavy atom. The number of thioether (sulfide) groups is 2. The van der Waals surface area contributed by atoms with Crippen LogP contribution in [0, 0.1) is 11.8 Å². The molecule has 0 bridgehead atoms. The lowest BCUT2D eigenvalue weighted by Gasteiger charge is -2.18. The second kappa shape index (κ2) is 29.0. The SMILES string of the molecule is CC[C@@H](CCCCNC(=O)CSCC(O)CO)C(=O)C[C@@H](CCCCNC(=O)CSCCCC(=O)CCCCOC)C(C)=O. The first-order chi connectivity index (χ1) is 21.1. The van der Waals surface area contributed by atoms with Gasteiger partial charge in [0.2, 0.25) is 11.8 Å². The number of carbonyl (C=O) groups is 5. The molecule has 0 aromatic carbocycles. The largest absolute Gasteiger partial charge is 0.394 e. The van der Waals surface area contributed by atoms with Gasteiger partial charge in [-0.25, -0.2) is 0 Å². The number of nitrogens with one attached hydrogen (secondary N) is 2. The Hall–Kier alpha value is -1.47. The van der Waals surface area contributed by atoms with Crippen molar-refractivity contribution in [3.63, 3.8) is 0 Å². The monoisotopic (exact) mass is 662 g/mol. The summed E-state index contributed by atoms with van der Waals surface area (Å²) in [7, 11) is 1.66. The van der Waals surface area contributed by atoms with Crippen LogP contribution in [0.15, 0.2) is 0 Å². The second-order valence-corrected chi connectivity index (χ2v) is 13.4. The number of aliphatic hydroxyl groups excluding tert-OH is 2. The third kappa shape index (κ3) is 24.8. The molecule has 0 aliphatic carbocycles. The van der Waals surface area contributed by atoms with Crippen LogP contribution in [0.3, 0.4) is 0 Å². The summed E-state index contributed by atoms with van der Waals surface area (Å²) in [6, 6.07) is 0. The predicted octanol–water partition coefficient (Wildman–Crippen LogP) is 3.74. The molecule has 0 aromatic heterocycles. The van der Waals surface area contributed by atoms with Crippen molar-refractivity contribution < 1.29 is 38.9 Å². The zero-order chi connectivity index (χ0) is 33.0. The molecule has 0 aromatic rings. The van der Waals surface area contributed by atoms with Crippen LogP contribution in [0.4, 0.5) is 0 Å². The Labute approximate surface area is 273 Å². The molecule has 0 fully saturated rings.